The third kappa shape index (κ3) is 2.44. The Hall–Kier alpha value is -0.730. The maximum atomic E-state index is 6.38. The Morgan fingerprint density at radius 2 is 1.80 bits per heavy atom. The highest BCUT2D eigenvalue weighted by Gasteiger charge is 2.31. The van der Waals surface area contributed by atoms with Gasteiger partial charge in [0.25, 0.3) is 0 Å². The molecule has 0 amide bonds. The molecule has 0 radical (unpaired) electrons. The van der Waals surface area contributed by atoms with E-state index < -0.39 is 0 Å². The maximum Gasteiger partial charge on any atom is 0.128 e. The fraction of sp³-hybridized carbons (Fsp3) is 0.562. The molecule has 0 saturated heterocycles. The number of hydrogen-bond acceptors (Lipinski definition) is 1. The Morgan fingerprint density at radius 3 is 2.30 bits per heavy atom. The minimum Gasteiger partial charge on any atom is -0.320 e. The first-order valence-corrected chi connectivity index (χ1v) is 8.13. The van der Waals surface area contributed by atoms with Gasteiger partial charge in [0.1, 0.15) is 5.82 Å². The topological polar surface area (TPSA) is 17.8 Å². The Kier molecular flexibility index (Phi) is 4.66. The van der Waals surface area contributed by atoms with Gasteiger partial charge in [-0.1, -0.05) is 32.4 Å². The fourth-order valence-electron chi connectivity index (χ4n) is 3.06. The Bertz CT molecular complexity index is 590. The van der Waals surface area contributed by atoms with Crippen molar-refractivity contribution in [1.82, 2.24) is 9.55 Å². The number of benzene rings is 1. The van der Waals surface area contributed by atoms with Crippen LogP contribution >= 0.6 is 23.2 Å². The van der Waals surface area contributed by atoms with Gasteiger partial charge in [-0.15, -0.1) is 11.6 Å². The molecule has 1 aromatic carbocycles. The van der Waals surface area contributed by atoms with Crippen LogP contribution in [0.3, 0.4) is 0 Å². The molecule has 1 heterocycles. The molecule has 0 aliphatic rings. The molecule has 0 aliphatic carbocycles. The van der Waals surface area contributed by atoms with Gasteiger partial charge >= 0.3 is 0 Å². The van der Waals surface area contributed by atoms with Crippen LogP contribution in [0.25, 0.3) is 11.0 Å². The average molecular weight is 313 g/mol. The lowest BCUT2D eigenvalue weighted by molar-refractivity contribution is 0.251. The highest BCUT2D eigenvalue weighted by atomic mass is 35.5. The molecule has 1 unspecified atom stereocenters. The van der Waals surface area contributed by atoms with E-state index in [0.717, 1.165) is 41.1 Å². The Balaban J connectivity index is 2.83. The van der Waals surface area contributed by atoms with E-state index in [-0.39, 0.29) is 10.9 Å². The molecule has 110 valence electrons. The summed E-state index contributed by atoms with van der Waals surface area (Å²) in [6.07, 6.45) is 3.15. The van der Waals surface area contributed by atoms with Crippen LogP contribution in [0.4, 0.5) is 0 Å². The summed E-state index contributed by atoms with van der Waals surface area (Å²) >= 11 is 12.6. The second-order valence-electron chi connectivity index (χ2n) is 5.34. The van der Waals surface area contributed by atoms with Crippen LogP contribution in [0.1, 0.15) is 58.2 Å². The quantitative estimate of drug-likeness (QED) is 0.627. The molecule has 0 saturated carbocycles. The zero-order valence-corrected chi connectivity index (χ0v) is 14.1. The van der Waals surface area contributed by atoms with Gasteiger partial charge in [0, 0.05) is 10.6 Å². The van der Waals surface area contributed by atoms with Gasteiger partial charge < -0.3 is 4.57 Å². The first kappa shape index (κ1) is 15.7. The van der Waals surface area contributed by atoms with Gasteiger partial charge in [-0.25, -0.2) is 4.98 Å². The van der Waals surface area contributed by atoms with Crippen molar-refractivity contribution in [3.8, 4) is 0 Å². The van der Waals surface area contributed by atoms with Gasteiger partial charge in [-0.3, -0.25) is 0 Å². The van der Waals surface area contributed by atoms with E-state index in [4.69, 9.17) is 28.2 Å². The monoisotopic (exact) mass is 312 g/mol. The standard InChI is InChI=1S/C16H22Cl2N2/c1-5-16(6-2,7-3)20-14-10-12(18)8-9-13(14)19-15(20)11(4)17/h8-11H,5-7H2,1-4H3. The molecule has 2 nitrogen and oxygen atoms in total. The number of fused-ring (bicyclic) bond motifs is 1. The van der Waals surface area contributed by atoms with Crippen LogP contribution < -0.4 is 0 Å². The van der Waals surface area contributed by atoms with E-state index in [1.807, 2.05) is 25.1 Å². The van der Waals surface area contributed by atoms with Gasteiger partial charge in [0.2, 0.25) is 0 Å². The highest BCUT2D eigenvalue weighted by Crippen LogP contribution is 2.37. The number of halogens is 2. The van der Waals surface area contributed by atoms with Crippen LogP contribution in [0.5, 0.6) is 0 Å². The number of imidazole rings is 1. The maximum absolute atomic E-state index is 6.38. The second-order valence-corrected chi connectivity index (χ2v) is 6.43. The molecule has 0 fully saturated rings. The van der Waals surface area contributed by atoms with Crippen molar-refractivity contribution < 1.29 is 0 Å². The minimum atomic E-state index is -0.120. The summed E-state index contributed by atoms with van der Waals surface area (Å²) in [7, 11) is 0. The van der Waals surface area contributed by atoms with Crippen LogP contribution in [0.15, 0.2) is 18.2 Å². The summed E-state index contributed by atoms with van der Waals surface area (Å²) in [6.45, 7) is 8.66. The summed E-state index contributed by atoms with van der Waals surface area (Å²) in [6, 6.07) is 5.86. The molecule has 20 heavy (non-hydrogen) atoms. The van der Waals surface area contributed by atoms with Crippen molar-refractivity contribution in [2.24, 2.45) is 0 Å². The number of alkyl halides is 1. The van der Waals surface area contributed by atoms with Crippen LogP contribution in [0.2, 0.25) is 5.02 Å². The molecule has 2 aromatic rings. The van der Waals surface area contributed by atoms with Gasteiger partial charge in [0.05, 0.1) is 16.4 Å². The lowest BCUT2D eigenvalue weighted by Crippen LogP contribution is -2.33. The van der Waals surface area contributed by atoms with Gasteiger partial charge in [0.15, 0.2) is 0 Å². The van der Waals surface area contributed by atoms with E-state index in [1.54, 1.807) is 0 Å². The Morgan fingerprint density at radius 1 is 1.20 bits per heavy atom. The van der Waals surface area contributed by atoms with Crippen molar-refractivity contribution >= 4 is 34.2 Å². The van der Waals surface area contributed by atoms with Crippen LogP contribution in [-0.2, 0) is 5.54 Å². The SMILES string of the molecule is CCC(CC)(CC)n1c(C(C)Cl)nc2ccc(Cl)cc21. The largest absolute Gasteiger partial charge is 0.320 e. The normalized spacial score (nSPS) is 13.9. The summed E-state index contributed by atoms with van der Waals surface area (Å²) in [5, 5.41) is 0.620. The van der Waals surface area contributed by atoms with Crippen molar-refractivity contribution in [3.05, 3.63) is 29.0 Å². The van der Waals surface area contributed by atoms with E-state index >= 15 is 0 Å². The molecule has 0 bridgehead atoms. The molecule has 0 aliphatic heterocycles. The average Bonchev–Trinajstić information content (AvgIpc) is 2.81. The fourth-order valence-corrected chi connectivity index (χ4v) is 3.37. The summed E-state index contributed by atoms with van der Waals surface area (Å²) in [4.78, 5) is 4.74. The van der Waals surface area contributed by atoms with Gasteiger partial charge in [-0.2, -0.15) is 0 Å². The smallest absolute Gasteiger partial charge is 0.128 e. The summed E-state index contributed by atoms with van der Waals surface area (Å²) < 4.78 is 2.33. The first-order chi connectivity index (χ1) is 9.49. The second kappa shape index (κ2) is 5.95. The van der Waals surface area contributed by atoms with Gasteiger partial charge in [-0.05, 0) is 44.4 Å². The first-order valence-electron chi connectivity index (χ1n) is 7.31. The van der Waals surface area contributed by atoms with E-state index in [2.05, 4.69) is 25.3 Å². The summed E-state index contributed by atoms with van der Waals surface area (Å²) in [5.74, 6) is 0.939. The predicted molar refractivity (Wildman–Crippen MR) is 87.9 cm³/mol. The number of aromatic nitrogens is 2. The lowest BCUT2D eigenvalue weighted by atomic mass is 9.89. The Labute approximate surface area is 131 Å². The number of rotatable bonds is 5. The molecule has 2 rings (SSSR count). The van der Waals surface area contributed by atoms with Crippen LogP contribution in [0, 0.1) is 0 Å². The lowest BCUT2D eigenvalue weighted by Gasteiger charge is -2.35. The molecular formula is C16H22Cl2N2. The zero-order chi connectivity index (χ0) is 14.9. The van der Waals surface area contributed by atoms with Crippen molar-refractivity contribution in [2.75, 3.05) is 0 Å². The van der Waals surface area contributed by atoms with Crippen LogP contribution in [-0.4, -0.2) is 9.55 Å². The molecule has 0 N–H and O–H groups in total. The van der Waals surface area contributed by atoms with E-state index in [9.17, 15) is 0 Å². The highest BCUT2D eigenvalue weighted by molar-refractivity contribution is 6.31. The van der Waals surface area contributed by atoms with Crippen molar-refractivity contribution in [1.29, 1.82) is 0 Å². The van der Waals surface area contributed by atoms with Crippen molar-refractivity contribution in [2.45, 2.75) is 57.9 Å². The molecular weight excluding hydrogens is 291 g/mol. The van der Waals surface area contributed by atoms with Crippen molar-refractivity contribution in [3.63, 3.8) is 0 Å². The zero-order valence-electron chi connectivity index (χ0n) is 12.6. The molecule has 1 atom stereocenters. The third-order valence-electron chi connectivity index (χ3n) is 4.45. The predicted octanol–water partition coefficient (Wildman–Crippen LogP) is 5.91. The molecule has 0 spiro atoms. The molecule has 1 aromatic heterocycles. The summed E-state index contributed by atoms with van der Waals surface area (Å²) in [5.41, 5.74) is 2.11. The molecule has 4 heteroatoms. The number of nitrogens with zero attached hydrogens (tertiary/aromatic N) is 2. The van der Waals surface area contributed by atoms with E-state index in [0.29, 0.717) is 0 Å². The minimum absolute atomic E-state index is 0.0535. The van der Waals surface area contributed by atoms with E-state index in [1.165, 1.54) is 0 Å². The third-order valence-corrected chi connectivity index (χ3v) is 4.88. The number of hydrogen-bond donors (Lipinski definition) is 0.